The summed E-state index contributed by atoms with van der Waals surface area (Å²) in [6.45, 7) is 17.2. The van der Waals surface area contributed by atoms with Gasteiger partial charge >= 0.3 is 6.18 Å². The number of hydrogen-bond donors (Lipinski definition) is 0. The summed E-state index contributed by atoms with van der Waals surface area (Å²) in [4.78, 5) is 23.1. The minimum absolute atomic E-state index is 0.151. The molecule has 0 saturated heterocycles. The molecule has 0 bridgehead atoms. The smallest absolute Gasteiger partial charge is 0.308 e. The van der Waals surface area contributed by atoms with Crippen molar-refractivity contribution >= 4 is 17.1 Å². The average Bonchev–Trinajstić information content (AvgIpc) is 3.37. The number of halogens is 3. The highest BCUT2D eigenvalue weighted by Crippen LogP contribution is 2.56. The Morgan fingerprint density at radius 3 is 1.15 bits per heavy atom. The standard InChI is InChI=1S/C60H50F3N5/c1-34-36(3)40(7)55-47(38(34)5)31-48-39(6)35(2)37(4)41(8)56(48)68(55)57-49(54-33-53(44-25-17-11-18-26-44)64-58(67-54)45-27-19-12-20-28-45)29-46(60(61,62)63)30-50(57)59-65-51(42-21-13-9-14-22-42)32-52(66-59)43-23-15-10-16-24-43/h9-30,32-33H,31H2,1-8H3. The molecule has 0 atom stereocenters. The van der Waals surface area contributed by atoms with E-state index in [1.165, 1.54) is 23.3 Å². The van der Waals surface area contributed by atoms with Crippen molar-refractivity contribution in [2.24, 2.45) is 0 Å². The molecule has 0 fully saturated rings. The molecule has 3 heterocycles. The fourth-order valence-corrected chi connectivity index (χ4v) is 9.84. The first-order valence-corrected chi connectivity index (χ1v) is 22.9. The third-order valence-corrected chi connectivity index (χ3v) is 14.2. The van der Waals surface area contributed by atoms with Crippen molar-refractivity contribution in [1.29, 1.82) is 0 Å². The lowest BCUT2D eigenvalue weighted by molar-refractivity contribution is -0.137. The lowest BCUT2D eigenvalue weighted by Gasteiger charge is -2.41. The second-order valence-electron chi connectivity index (χ2n) is 18.0. The molecule has 0 radical (unpaired) electrons. The van der Waals surface area contributed by atoms with Crippen LogP contribution in [0.4, 0.5) is 30.2 Å². The number of aromatic nitrogens is 4. The van der Waals surface area contributed by atoms with Gasteiger partial charge in [-0.25, -0.2) is 19.9 Å². The van der Waals surface area contributed by atoms with Gasteiger partial charge in [-0.05, 0) is 135 Å². The molecular weight excluding hydrogens is 848 g/mol. The Labute approximate surface area is 396 Å². The van der Waals surface area contributed by atoms with Crippen LogP contribution in [-0.4, -0.2) is 19.9 Å². The topological polar surface area (TPSA) is 54.8 Å². The van der Waals surface area contributed by atoms with Crippen molar-refractivity contribution in [2.45, 2.75) is 68.0 Å². The summed E-state index contributed by atoms with van der Waals surface area (Å²) in [5.41, 5.74) is 18.5. The first-order valence-electron chi connectivity index (χ1n) is 22.9. The number of anilines is 3. The summed E-state index contributed by atoms with van der Waals surface area (Å²) in [5, 5.41) is 0. The van der Waals surface area contributed by atoms with Crippen LogP contribution in [0.15, 0.2) is 146 Å². The lowest BCUT2D eigenvalue weighted by Crippen LogP contribution is -2.26. The van der Waals surface area contributed by atoms with Gasteiger partial charge in [-0.15, -0.1) is 0 Å². The summed E-state index contributed by atoms with van der Waals surface area (Å²) in [6, 6.07) is 45.0. The van der Waals surface area contributed by atoms with Crippen LogP contribution in [0.5, 0.6) is 0 Å². The van der Waals surface area contributed by atoms with Crippen LogP contribution in [0.2, 0.25) is 0 Å². The minimum atomic E-state index is -4.77. The van der Waals surface area contributed by atoms with Gasteiger partial charge in [-0.2, -0.15) is 13.2 Å². The minimum Gasteiger partial charge on any atom is -0.308 e. The maximum atomic E-state index is 15.9. The van der Waals surface area contributed by atoms with Crippen molar-refractivity contribution < 1.29 is 13.2 Å². The van der Waals surface area contributed by atoms with Crippen molar-refractivity contribution in [3.63, 3.8) is 0 Å². The van der Waals surface area contributed by atoms with E-state index in [2.05, 4.69) is 60.3 Å². The molecule has 68 heavy (non-hydrogen) atoms. The molecule has 1 aliphatic heterocycles. The van der Waals surface area contributed by atoms with E-state index >= 15 is 13.2 Å². The monoisotopic (exact) mass is 897 g/mol. The quantitative estimate of drug-likeness (QED) is 0.160. The van der Waals surface area contributed by atoms with Gasteiger partial charge < -0.3 is 4.90 Å². The first-order chi connectivity index (χ1) is 32.7. The van der Waals surface area contributed by atoms with E-state index in [0.717, 1.165) is 78.1 Å². The van der Waals surface area contributed by atoms with Crippen LogP contribution in [0.3, 0.4) is 0 Å². The third kappa shape index (κ3) is 7.64. The molecule has 336 valence electrons. The van der Waals surface area contributed by atoms with E-state index in [1.807, 2.05) is 133 Å². The normalized spacial score (nSPS) is 12.2. The molecule has 2 aromatic heterocycles. The molecule has 0 aliphatic carbocycles. The lowest BCUT2D eigenvalue weighted by atomic mass is 9.80. The Balaban J connectivity index is 1.43. The molecule has 8 heteroatoms. The maximum absolute atomic E-state index is 15.9. The van der Waals surface area contributed by atoms with Crippen molar-refractivity contribution in [3.8, 4) is 67.8 Å². The van der Waals surface area contributed by atoms with Gasteiger partial charge in [-0.3, -0.25) is 0 Å². The highest BCUT2D eigenvalue weighted by Gasteiger charge is 2.39. The van der Waals surface area contributed by atoms with Crippen LogP contribution in [0.1, 0.15) is 61.2 Å². The Kier molecular flexibility index (Phi) is 11.2. The molecule has 0 N–H and O–H groups in total. The highest BCUT2D eigenvalue weighted by atomic mass is 19.4. The number of nitrogens with zero attached hydrogens (tertiary/aromatic N) is 5. The zero-order chi connectivity index (χ0) is 47.6. The zero-order valence-electron chi connectivity index (χ0n) is 39.4. The predicted molar refractivity (Wildman–Crippen MR) is 271 cm³/mol. The van der Waals surface area contributed by atoms with Gasteiger partial charge in [0.1, 0.15) is 0 Å². The van der Waals surface area contributed by atoms with Crippen LogP contribution in [0, 0.1) is 55.4 Å². The SMILES string of the molecule is Cc1c(C)c(C)c2c(c1C)Cc1c(C)c(C)c(C)c(C)c1N2c1c(-c2cc(-c3ccccc3)nc(-c3ccccc3)n2)cc(C(F)(F)F)cc1-c1nc(-c2ccccc2)cc(-c2ccccc2)n1. The van der Waals surface area contributed by atoms with E-state index in [-0.39, 0.29) is 17.0 Å². The maximum Gasteiger partial charge on any atom is 0.416 e. The summed E-state index contributed by atoms with van der Waals surface area (Å²) in [5.74, 6) is 0.537. The third-order valence-electron chi connectivity index (χ3n) is 14.2. The van der Waals surface area contributed by atoms with Gasteiger partial charge in [0.05, 0.1) is 45.4 Å². The van der Waals surface area contributed by atoms with E-state index < -0.39 is 11.7 Å². The molecule has 7 aromatic carbocycles. The summed E-state index contributed by atoms with van der Waals surface area (Å²) >= 11 is 0. The number of rotatable bonds is 7. The number of hydrogen-bond acceptors (Lipinski definition) is 5. The number of alkyl halides is 3. The molecule has 5 nitrogen and oxygen atoms in total. The Morgan fingerprint density at radius 2 is 0.721 bits per heavy atom. The molecule has 0 amide bonds. The molecule has 0 spiro atoms. The van der Waals surface area contributed by atoms with E-state index in [1.54, 1.807) is 0 Å². The zero-order valence-corrected chi connectivity index (χ0v) is 39.4. The summed E-state index contributed by atoms with van der Waals surface area (Å²) in [7, 11) is 0. The average molecular weight is 898 g/mol. The Hall–Kier alpha value is -7.71. The summed E-state index contributed by atoms with van der Waals surface area (Å²) < 4.78 is 47.8. The second-order valence-corrected chi connectivity index (χ2v) is 18.0. The molecule has 1 aliphatic rings. The molecule has 0 unspecified atom stereocenters. The fourth-order valence-electron chi connectivity index (χ4n) is 9.84. The van der Waals surface area contributed by atoms with Crippen LogP contribution in [-0.2, 0) is 12.6 Å². The molecule has 9 aromatic rings. The van der Waals surface area contributed by atoms with Gasteiger partial charge in [0.15, 0.2) is 11.6 Å². The first kappa shape index (κ1) is 44.1. The van der Waals surface area contributed by atoms with E-state index in [0.29, 0.717) is 40.7 Å². The number of fused-ring (bicyclic) bond motifs is 2. The molecule has 10 rings (SSSR count). The van der Waals surface area contributed by atoms with Gasteiger partial charge in [-0.1, -0.05) is 121 Å². The van der Waals surface area contributed by atoms with Gasteiger partial charge in [0.25, 0.3) is 0 Å². The van der Waals surface area contributed by atoms with E-state index in [4.69, 9.17) is 19.9 Å². The second kappa shape index (κ2) is 17.2. The fraction of sp³-hybridized carbons (Fsp3) is 0.167. The van der Waals surface area contributed by atoms with Crippen molar-refractivity contribution in [1.82, 2.24) is 19.9 Å². The highest BCUT2D eigenvalue weighted by molar-refractivity contribution is 6.01. The van der Waals surface area contributed by atoms with E-state index in [9.17, 15) is 0 Å². The van der Waals surface area contributed by atoms with Crippen LogP contribution in [0.25, 0.3) is 67.8 Å². The predicted octanol–water partition coefficient (Wildman–Crippen LogP) is 16.1. The van der Waals surface area contributed by atoms with Gasteiger partial charge in [0, 0.05) is 39.8 Å². The van der Waals surface area contributed by atoms with Crippen molar-refractivity contribution in [2.75, 3.05) is 4.90 Å². The van der Waals surface area contributed by atoms with Crippen molar-refractivity contribution in [3.05, 3.63) is 207 Å². The van der Waals surface area contributed by atoms with Crippen LogP contribution >= 0.6 is 0 Å². The Morgan fingerprint density at radius 1 is 0.368 bits per heavy atom. The van der Waals surface area contributed by atoms with Crippen LogP contribution < -0.4 is 4.90 Å². The number of benzene rings is 7. The Bertz CT molecular complexity index is 3090. The summed E-state index contributed by atoms with van der Waals surface area (Å²) in [6.07, 6.45) is -4.10. The largest absolute Gasteiger partial charge is 0.416 e. The molecule has 0 saturated carbocycles. The van der Waals surface area contributed by atoms with Gasteiger partial charge in [0.2, 0.25) is 0 Å². The molecular formula is C60H50F3N5.